The minimum atomic E-state index is -2.51. The third kappa shape index (κ3) is 153. The molecule has 0 spiro atoms. The predicted octanol–water partition coefficient (Wildman–Crippen LogP) is -8.70. The van der Waals surface area contributed by atoms with E-state index in [0.29, 0.717) is 0 Å². The summed E-state index contributed by atoms with van der Waals surface area (Å²) in [7, 11) is 0. The molecule has 96 valence electrons. The molecule has 0 bridgehead atoms. The molecule has 12 N–H and O–H groups in total. The molecule has 0 aliphatic heterocycles. The van der Waals surface area contributed by atoms with Crippen LogP contribution < -0.4 is 10.2 Å². The number of carbonyl (C=O) groups excluding carboxylic acids is 2. The molecule has 0 radical (unpaired) electrons. The zero-order valence-electron chi connectivity index (χ0n) is 6.95. The van der Waals surface area contributed by atoms with E-state index in [1.807, 2.05) is 0 Å². The first-order chi connectivity index (χ1) is 4.06. The van der Waals surface area contributed by atoms with Gasteiger partial charge in [-0.2, -0.15) is 0 Å². The number of hydrogen-bond donors (Lipinski definition) is 0. The molecule has 0 unspecified atom stereocenters. The first kappa shape index (κ1) is 63.4. The molecule has 0 aromatic heterocycles. The molecular weight excluding hydrogens is 454 g/mol. The van der Waals surface area contributed by atoms with E-state index in [0.717, 1.165) is 0 Å². The summed E-state index contributed by atoms with van der Waals surface area (Å²) in [6.07, 6.45) is 0. The second-order valence-corrected chi connectivity index (χ2v) is 1.35. The van der Waals surface area contributed by atoms with Crippen LogP contribution >= 0.6 is 0 Å². The van der Waals surface area contributed by atoms with E-state index < -0.39 is 39.8 Å². The molecule has 0 aromatic rings. The summed E-state index contributed by atoms with van der Waals surface area (Å²) >= 11 is -2.51. The summed E-state index contributed by atoms with van der Waals surface area (Å²) in [5, 5.41) is 17.9. The molecule has 0 aromatic carbocycles. The van der Waals surface area contributed by atoms with Gasteiger partial charge in [0.1, 0.15) is 0 Å². The number of hydrogen-bond acceptors (Lipinski definition) is 6. The third-order valence-electron chi connectivity index (χ3n) is 0.167. The van der Waals surface area contributed by atoms with Gasteiger partial charge in [0.05, 0.1) is 11.9 Å². The van der Waals surface area contributed by atoms with Gasteiger partial charge in [-0.25, -0.2) is 0 Å². The number of rotatable bonds is 0. The zero-order valence-corrected chi connectivity index (χ0v) is 11.1. The van der Waals surface area contributed by atoms with Gasteiger partial charge in [-0.3, -0.25) is 0 Å². The van der Waals surface area contributed by atoms with E-state index in [-0.39, 0.29) is 32.9 Å². The Labute approximate surface area is 97.0 Å². The Bertz CT molecular complexity index is 134. The van der Waals surface area contributed by atoms with Crippen molar-refractivity contribution in [2.75, 3.05) is 0 Å². The van der Waals surface area contributed by atoms with Crippen molar-refractivity contribution in [2.24, 2.45) is 0 Å². The second kappa shape index (κ2) is 50.5. The standard InChI is InChI=1S/C2H2O4.6H2O.2O.U/c3-1(4)2(5)6;;;;;;;;;/h(H,3,4)(H,5,6);6*1H2;;;/q;;;;;;;;;+2/p-2. The quantitative estimate of drug-likeness (QED) is 0.312. The molecule has 0 fully saturated rings. The molecule has 0 amide bonds. The average molecular weight is 466 g/mol. The van der Waals surface area contributed by atoms with Crippen molar-refractivity contribution >= 4 is 11.9 Å². The average Bonchev–Trinajstić information content (AvgIpc) is 1.68. The molecule has 0 atom stereocenters. The van der Waals surface area contributed by atoms with Gasteiger partial charge >= 0.3 is 32.3 Å². The van der Waals surface area contributed by atoms with Crippen LogP contribution in [0, 0.1) is 27.8 Å². The maximum atomic E-state index is 8.93. The van der Waals surface area contributed by atoms with Gasteiger partial charge in [-0.15, -0.1) is 0 Å². The van der Waals surface area contributed by atoms with Crippen LogP contribution in [-0.2, 0) is 14.1 Å². The topological polar surface area (TPSA) is 303 Å². The van der Waals surface area contributed by atoms with Gasteiger partial charge in [-0.05, 0) is 0 Å². The Balaban J connectivity index is -0.00000000843. The first-order valence-corrected chi connectivity index (χ1v) is 4.87. The molecule has 0 aliphatic carbocycles. The van der Waals surface area contributed by atoms with Crippen LogP contribution in [0.2, 0.25) is 0 Å². The van der Waals surface area contributed by atoms with Crippen molar-refractivity contribution in [1.82, 2.24) is 0 Å². The van der Waals surface area contributed by atoms with Crippen molar-refractivity contribution in [3.8, 4) is 0 Å². The molecule has 15 heavy (non-hydrogen) atoms. The fourth-order valence-corrected chi connectivity index (χ4v) is 0. The Hall–Kier alpha value is -0.648. The second-order valence-electron chi connectivity index (χ2n) is 0.658. The van der Waals surface area contributed by atoms with Crippen LogP contribution in [0.25, 0.3) is 0 Å². The van der Waals surface area contributed by atoms with Crippen molar-refractivity contribution in [1.29, 1.82) is 0 Å². The van der Waals surface area contributed by atoms with Gasteiger partial charge in [0, 0.05) is 0 Å². The Morgan fingerprint density at radius 1 is 0.667 bits per heavy atom. The fraction of sp³-hybridized carbons (Fsp3) is 0. The Morgan fingerprint density at radius 2 is 0.733 bits per heavy atom. The van der Waals surface area contributed by atoms with Crippen molar-refractivity contribution < 1.29 is 84.9 Å². The fourth-order valence-electron chi connectivity index (χ4n) is 0. The molecule has 0 saturated carbocycles. The zero-order chi connectivity index (χ0) is 7.86. The Morgan fingerprint density at radius 3 is 0.733 bits per heavy atom. The molecular formula is C2H12O12U. The normalized spacial score (nSPS) is 3.47. The predicted molar refractivity (Wildman–Crippen MR) is 33.1 cm³/mol. The van der Waals surface area contributed by atoms with E-state index in [2.05, 4.69) is 0 Å². The summed E-state index contributed by atoms with van der Waals surface area (Å²) in [4.78, 5) is 17.9. The number of carbonyl (C=O) groups is 2. The van der Waals surface area contributed by atoms with Crippen LogP contribution in [0.3, 0.4) is 0 Å². The maximum absolute atomic E-state index is 8.93. The number of aliphatic carboxylic acids is 2. The van der Waals surface area contributed by atoms with E-state index in [1.54, 1.807) is 0 Å². The SMILES string of the molecule is O.O.O.O.O.O.O=C([O-])C(=O)[O-].[O]=[U+2]=[O]. The van der Waals surface area contributed by atoms with E-state index in [4.69, 9.17) is 24.3 Å². The molecule has 0 heterocycles. The van der Waals surface area contributed by atoms with E-state index in [9.17, 15) is 0 Å². The third-order valence-corrected chi connectivity index (χ3v) is 0.167. The molecule has 13 heteroatoms. The van der Waals surface area contributed by atoms with Crippen LogP contribution in [0.15, 0.2) is 0 Å². The van der Waals surface area contributed by atoms with Gasteiger partial charge in [-0.1, -0.05) is 0 Å². The van der Waals surface area contributed by atoms with E-state index in [1.165, 1.54) is 0 Å². The molecule has 0 saturated heterocycles. The van der Waals surface area contributed by atoms with Crippen molar-refractivity contribution in [2.45, 2.75) is 0 Å². The van der Waals surface area contributed by atoms with Crippen LogP contribution in [-0.4, -0.2) is 44.8 Å². The number of carboxylic acid groups (broad SMARTS) is 2. The summed E-state index contributed by atoms with van der Waals surface area (Å²) in [6, 6.07) is 0. The van der Waals surface area contributed by atoms with Gasteiger partial charge in [0.15, 0.2) is 0 Å². The van der Waals surface area contributed by atoms with Crippen molar-refractivity contribution in [3.63, 3.8) is 0 Å². The molecule has 0 rings (SSSR count). The minimum absolute atomic E-state index is 0. The number of carboxylic acids is 2. The molecule has 0 aliphatic rings. The van der Waals surface area contributed by atoms with Gasteiger partial charge < -0.3 is 52.7 Å². The summed E-state index contributed by atoms with van der Waals surface area (Å²) < 4.78 is 17.2. The van der Waals surface area contributed by atoms with Crippen molar-refractivity contribution in [3.05, 3.63) is 0 Å². The summed E-state index contributed by atoms with van der Waals surface area (Å²) in [5.41, 5.74) is 0. The monoisotopic (exact) mass is 466 g/mol. The van der Waals surface area contributed by atoms with Crippen LogP contribution in [0.4, 0.5) is 0 Å². The summed E-state index contributed by atoms with van der Waals surface area (Å²) in [6.45, 7) is 0. The summed E-state index contributed by atoms with van der Waals surface area (Å²) in [5.74, 6) is -4.37. The molecule has 12 nitrogen and oxygen atoms in total. The van der Waals surface area contributed by atoms with E-state index >= 15 is 0 Å². The van der Waals surface area contributed by atoms with Gasteiger partial charge in [0.25, 0.3) is 0 Å². The van der Waals surface area contributed by atoms with Gasteiger partial charge in [0.2, 0.25) is 0 Å². The Kier molecular flexibility index (Phi) is 213. The first-order valence-electron chi connectivity index (χ1n) is 1.47. The van der Waals surface area contributed by atoms with Crippen LogP contribution in [0.1, 0.15) is 0 Å². The van der Waals surface area contributed by atoms with Crippen LogP contribution in [0.5, 0.6) is 0 Å².